The molecule has 0 aliphatic carbocycles. The Balaban J connectivity index is 3.11. The van der Waals surface area contributed by atoms with E-state index in [1.165, 1.54) is 12.1 Å². The molecule has 0 aliphatic rings. The summed E-state index contributed by atoms with van der Waals surface area (Å²) in [7, 11) is 0. The van der Waals surface area contributed by atoms with Gasteiger partial charge in [0.1, 0.15) is 11.9 Å². The minimum atomic E-state index is -0.533. The van der Waals surface area contributed by atoms with E-state index >= 15 is 0 Å². The van der Waals surface area contributed by atoms with Crippen molar-refractivity contribution >= 4 is 11.8 Å². The van der Waals surface area contributed by atoms with E-state index in [1.54, 1.807) is 25.1 Å². The van der Waals surface area contributed by atoms with E-state index in [4.69, 9.17) is 10.5 Å². The average molecular weight is 232 g/mol. The van der Waals surface area contributed by atoms with Crippen LogP contribution in [0.25, 0.3) is 6.08 Å². The molecular formula is C13H13FN2O. The van der Waals surface area contributed by atoms with Gasteiger partial charge in [-0.05, 0) is 36.6 Å². The molecule has 4 heteroatoms. The second-order valence-electron chi connectivity index (χ2n) is 3.58. The molecule has 88 valence electrons. The first-order valence-electron chi connectivity index (χ1n) is 5.21. The summed E-state index contributed by atoms with van der Waals surface area (Å²) in [5, 5.41) is 20.6. The minimum Gasteiger partial charge on any atom is -0.411 e. The summed E-state index contributed by atoms with van der Waals surface area (Å²) in [6.07, 6.45) is 2.35. The highest BCUT2D eigenvalue weighted by atomic mass is 19.1. The predicted molar refractivity (Wildman–Crippen MR) is 64.3 cm³/mol. The zero-order chi connectivity index (χ0) is 12.8. The zero-order valence-electron chi connectivity index (χ0n) is 9.74. The summed E-state index contributed by atoms with van der Waals surface area (Å²) >= 11 is 0. The van der Waals surface area contributed by atoms with Gasteiger partial charge in [0.15, 0.2) is 0 Å². The molecule has 0 unspecified atom stereocenters. The van der Waals surface area contributed by atoms with Gasteiger partial charge in [-0.25, -0.2) is 4.39 Å². The number of halogens is 1. The van der Waals surface area contributed by atoms with Crippen LogP contribution in [0.15, 0.2) is 28.9 Å². The van der Waals surface area contributed by atoms with Gasteiger partial charge in [-0.15, -0.1) is 0 Å². The fourth-order valence-electron chi connectivity index (χ4n) is 1.48. The van der Waals surface area contributed by atoms with Crippen LogP contribution in [0.2, 0.25) is 0 Å². The summed E-state index contributed by atoms with van der Waals surface area (Å²) in [5.41, 5.74) is 2.05. The molecular weight excluding hydrogens is 219 g/mol. The molecule has 1 rings (SSSR count). The largest absolute Gasteiger partial charge is 0.411 e. The fraction of sp³-hybridized carbons (Fsp3) is 0.231. The van der Waals surface area contributed by atoms with Crippen LogP contribution in [-0.4, -0.2) is 10.9 Å². The van der Waals surface area contributed by atoms with Crippen LogP contribution < -0.4 is 0 Å². The fourth-order valence-corrected chi connectivity index (χ4v) is 1.48. The average Bonchev–Trinajstić information content (AvgIpc) is 2.33. The summed E-state index contributed by atoms with van der Waals surface area (Å²) in [5.74, 6) is -0.533. The number of nitrogens with zero attached hydrogens (tertiary/aromatic N) is 2. The Kier molecular flexibility index (Phi) is 4.41. The van der Waals surface area contributed by atoms with Crippen LogP contribution in [0.4, 0.5) is 4.39 Å². The first-order valence-corrected chi connectivity index (χ1v) is 5.21. The second-order valence-corrected chi connectivity index (χ2v) is 3.58. The smallest absolute Gasteiger partial charge is 0.140 e. The predicted octanol–water partition coefficient (Wildman–Crippen LogP) is 3.34. The van der Waals surface area contributed by atoms with Crippen molar-refractivity contribution in [2.45, 2.75) is 20.3 Å². The SMILES string of the molecule is CCC(=N/O)/C(C)=C/c1ccc(F)c(C#N)c1. The molecule has 0 radical (unpaired) electrons. The highest BCUT2D eigenvalue weighted by Gasteiger charge is 2.03. The topological polar surface area (TPSA) is 56.4 Å². The van der Waals surface area contributed by atoms with E-state index in [0.29, 0.717) is 17.7 Å². The molecule has 0 fully saturated rings. The summed E-state index contributed by atoms with van der Waals surface area (Å²) in [6, 6.07) is 6.07. The summed E-state index contributed by atoms with van der Waals surface area (Å²) in [6.45, 7) is 3.67. The lowest BCUT2D eigenvalue weighted by molar-refractivity contribution is 0.318. The van der Waals surface area contributed by atoms with E-state index in [0.717, 1.165) is 5.57 Å². The van der Waals surface area contributed by atoms with Gasteiger partial charge >= 0.3 is 0 Å². The van der Waals surface area contributed by atoms with Crippen LogP contribution in [-0.2, 0) is 0 Å². The van der Waals surface area contributed by atoms with E-state index in [2.05, 4.69) is 5.16 Å². The second kappa shape index (κ2) is 5.80. The monoisotopic (exact) mass is 232 g/mol. The standard InChI is InChI=1S/C13H13FN2O/c1-3-13(16-17)9(2)6-10-4-5-12(14)11(7-10)8-15/h4-7,17H,3H2,1-2H3/b9-6+,16-13-. The number of allylic oxidation sites excluding steroid dienone is 1. The molecule has 1 aromatic carbocycles. The first kappa shape index (κ1) is 12.9. The van der Waals surface area contributed by atoms with Crippen LogP contribution in [0, 0.1) is 17.1 Å². The van der Waals surface area contributed by atoms with E-state index in [1.807, 2.05) is 6.92 Å². The molecule has 0 amide bonds. The molecule has 0 atom stereocenters. The Hall–Kier alpha value is -2.15. The quantitative estimate of drug-likeness (QED) is 0.493. The van der Waals surface area contributed by atoms with Gasteiger partial charge in [-0.2, -0.15) is 5.26 Å². The van der Waals surface area contributed by atoms with Crippen molar-refractivity contribution < 1.29 is 9.60 Å². The zero-order valence-corrected chi connectivity index (χ0v) is 9.74. The van der Waals surface area contributed by atoms with Gasteiger partial charge < -0.3 is 5.21 Å². The van der Waals surface area contributed by atoms with Gasteiger partial charge in [0.05, 0.1) is 11.3 Å². The minimum absolute atomic E-state index is 0.00513. The molecule has 0 aromatic heterocycles. The Bertz CT molecular complexity index is 513. The highest BCUT2D eigenvalue weighted by Crippen LogP contribution is 2.14. The third kappa shape index (κ3) is 3.15. The van der Waals surface area contributed by atoms with Crippen molar-refractivity contribution in [3.8, 4) is 6.07 Å². The Morgan fingerprint density at radius 1 is 1.59 bits per heavy atom. The van der Waals surface area contributed by atoms with E-state index in [9.17, 15) is 4.39 Å². The maximum atomic E-state index is 13.1. The molecule has 1 aromatic rings. The lowest BCUT2D eigenvalue weighted by Gasteiger charge is -2.02. The molecule has 0 bridgehead atoms. The normalized spacial score (nSPS) is 12.4. The Morgan fingerprint density at radius 2 is 2.29 bits per heavy atom. The summed E-state index contributed by atoms with van der Waals surface area (Å²) < 4.78 is 13.1. The number of nitriles is 1. The lowest BCUT2D eigenvalue weighted by Crippen LogP contribution is -1.97. The van der Waals surface area contributed by atoms with Gasteiger partial charge in [0.2, 0.25) is 0 Å². The number of hydrogen-bond acceptors (Lipinski definition) is 3. The number of rotatable bonds is 3. The molecule has 17 heavy (non-hydrogen) atoms. The molecule has 3 nitrogen and oxygen atoms in total. The van der Waals surface area contributed by atoms with E-state index in [-0.39, 0.29) is 5.56 Å². The van der Waals surface area contributed by atoms with E-state index < -0.39 is 5.82 Å². The van der Waals surface area contributed by atoms with Crippen molar-refractivity contribution in [2.24, 2.45) is 5.16 Å². The lowest BCUT2D eigenvalue weighted by atomic mass is 10.0. The summed E-state index contributed by atoms with van der Waals surface area (Å²) in [4.78, 5) is 0. The Labute approximate surface area is 99.5 Å². The third-order valence-corrected chi connectivity index (χ3v) is 2.40. The van der Waals surface area contributed by atoms with Crippen molar-refractivity contribution in [3.05, 3.63) is 40.7 Å². The molecule has 0 saturated carbocycles. The van der Waals surface area contributed by atoms with Crippen molar-refractivity contribution in [1.29, 1.82) is 5.26 Å². The molecule has 0 spiro atoms. The van der Waals surface area contributed by atoms with Gasteiger partial charge in [0, 0.05) is 0 Å². The maximum Gasteiger partial charge on any atom is 0.140 e. The third-order valence-electron chi connectivity index (χ3n) is 2.40. The van der Waals surface area contributed by atoms with Gasteiger partial charge in [0.25, 0.3) is 0 Å². The van der Waals surface area contributed by atoms with Gasteiger partial charge in [-0.3, -0.25) is 0 Å². The highest BCUT2D eigenvalue weighted by molar-refractivity contribution is 6.02. The van der Waals surface area contributed by atoms with Crippen molar-refractivity contribution in [1.82, 2.24) is 0 Å². The van der Waals surface area contributed by atoms with Gasteiger partial charge in [-0.1, -0.05) is 24.2 Å². The van der Waals surface area contributed by atoms with Crippen molar-refractivity contribution in [2.75, 3.05) is 0 Å². The molecule has 0 heterocycles. The first-order chi connectivity index (χ1) is 8.12. The number of benzene rings is 1. The maximum absolute atomic E-state index is 13.1. The van der Waals surface area contributed by atoms with Crippen LogP contribution in [0.1, 0.15) is 31.4 Å². The number of hydrogen-bond donors (Lipinski definition) is 1. The van der Waals surface area contributed by atoms with Crippen LogP contribution in [0.3, 0.4) is 0 Å². The van der Waals surface area contributed by atoms with Crippen LogP contribution in [0.5, 0.6) is 0 Å². The molecule has 0 aliphatic heterocycles. The molecule has 0 saturated heterocycles. The Morgan fingerprint density at radius 3 is 2.82 bits per heavy atom. The van der Waals surface area contributed by atoms with Crippen LogP contribution >= 0.6 is 0 Å². The number of oxime groups is 1. The van der Waals surface area contributed by atoms with Crippen molar-refractivity contribution in [3.63, 3.8) is 0 Å². The molecule has 1 N–H and O–H groups in total.